The molecule has 1 atom stereocenters. The maximum Gasteiger partial charge on any atom is 0.220 e. The summed E-state index contributed by atoms with van der Waals surface area (Å²) in [5.41, 5.74) is 1.97. The Labute approximate surface area is 130 Å². The molecule has 0 saturated heterocycles. The molecule has 1 unspecified atom stereocenters. The van der Waals surface area contributed by atoms with E-state index >= 15 is 0 Å². The fourth-order valence-corrected chi connectivity index (χ4v) is 2.60. The molecule has 1 aliphatic carbocycles. The van der Waals surface area contributed by atoms with E-state index in [1.807, 2.05) is 25.1 Å². The van der Waals surface area contributed by atoms with Gasteiger partial charge in [0.05, 0.1) is 11.7 Å². The third kappa shape index (κ3) is 3.90. The summed E-state index contributed by atoms with van der Waals surface area (Å²) in [6.07, 6.45) is 6.76. The van der Waals surface area contributed by atoms with Gasteiger partial charge in [0.2, 0.25) is 5.91 Å². The van der Waals surface area contributed by atoms with Gasteiger partial charge in [0.1, 0.15) is 12.7 Å². The molecule has 116 valence electrons. The fraction of sp³-hybridized carbons (Fsp3) is 0.500. The predicted molar refractivity (Wildman–Crippen MR) is 81.8 cm³/mol. The summed E-state index contributed by atoms with van der Waals surface area (Å²) < 4.78 is 1.74. The molecule has 3 rings (SSSR count). The van der Waals surface area contributed by atoms with Crippen LogP contribution in [-0.4, -0.2) is 25.7 Å². The van der Waals surface area contributed by atoms with Crippen molar-refractivity contribution in [2.45, 2.75) is 45.2 Å². The van der Waals surface area contributed by atoms with E-state index in [0.29, 0.717) is 18.9 Å². The van der Waals surface area contributed by atoms with Crippen LogP contribution >= 0.6 is 0 Å². The van der Waals surface area contributed by atoms with Gasteiger partial charge < -0.3 is 5.32 Å². The predicted octanol–water partition coefficient (Wildman–Crippen LogP) is 2.03. The number of rotatable bonds is 7. The Kier molecular flexibility index (Phi) is 4.46. The van der Waals surface area contributed by atoms with E-state index in [1.54, 1.807) is 11.0 Å². The maximum absolute atomic E-state index is 12.2. The van der Waals surface area contributed by atoms with Crippen LogP contribution in [0.2, 0.25) is 0 Å². The van der Waals surface area contributed by atoms with Crippen molar-refractivity contribution in [3.63, 3.8) is 0 Å². The van der Waals surface area contributed by atoms with E-state index in [-0.39, 0.29) is 11.9 Å². The lowest BCUT2D eigenvalue weighted by molar-refractivity contribution is -0.122. The van der Waals surface area contributed by atoms with Gasteiger partial charge in [0, 0.05) is 18.7 Å². The normalized spacial score (nSPS) is 15.5. The molecule has 0 spiro atoms. The van der Waals surface area contributed by atoms with Gasteiger partial charge in [-0.3, -0.25) is 14.5 Å². The van der Waals surface area contributed by atoms with Gasteiger partial charge >= 0.3 is 0 Å². The summed E-state index contributed by atoms with van der Waals surface area (Å²) in [7, 11) is 0. The first-order valence-corrected chi connectivity index (χ1v) is 7.78. The first kappa shape index (κ1) is 14.7. The van der Waals surface area contributed by atoms with Gasteiger partial charge in [0.15, 0.2) is 0 Å². The topological polar surface area (TPSA) is 72.7 Å². The lowest BCUT2D eigenvalue weighted by Gasteiger charge is -2.18. The summed E-state index contributed by atoms with van der Waals surface area (Å²) >= 11 is 0. The summed E-state index contributed by atoms with van der Waals surface area (Å²) in [6.45, 7) is 2.69. The molecule has 1 fully saturated rings. The van der Waals surface area contributed by atoms with Crippen LogP contribution in [-0.2, 0) is 11.3 Å². The largest absolute Gasteiger partial charge is 0.347 e. The SMILES string of the molecule is Cc1cccc(C(NC(=O)CCCn2cncn2)C2CC2)n1. The third-order valence-electron chi connectivity index (χ3n) is 3.90. The Balaban J connectivity index is 1.53. The number of amides is 1. The number of aryl methyl sites for hydroxylation is 2. The minimum Gasteiger partial charge on any atom is -0.347 e. The Morgan fingerprint density at radius 2 is 2.32 bits per heavy atom. The van der Waals surface area contributed by atoms with Crippen LogP contribution in [0, 0.1) is 12.8 Å². The van der Waals surface area contributed by atoms with E-state index in [0.717, 1.165) is 17.8 Å². The van der Waals surface area contributed by atoms with E-state index in [2.05, 4.69) is 20.4 Å². The van der Waals surface area contributed by atoms with Crippen molar-refractivity contribution in [1.29, 1.82) is 0 Å². The zero-order chi connectivity index (χ0) is 15.4. The molecular weight excluding hydrogens is 278 g/mol. The molecule has 0 radical (unpaired) electrons. The first-order chi connectivity index (χ1) is 10.7. The number of carbonyl (C=O) groups is 1. The molecule has 0 bridgehead atoms. The summed E-state index contributed by atoms with van der Waals surface area (Å²) in [4.78, 5) is 20.7. The quantitative estimate of drug-likeness (QED) is 0.849. The van der Waals surface area contributed by atoms with E-state index in [4.69, 9.17) is 0 Å². The Bertz CT molecular complexity index is 621. The van der Waals surface area contributed by atoms with Gasteiger partial charge in [-0.25, -0.2) is 4.98 Å². The highest BCUT2D eigenvalue weighted by atomic mass is 16.1. The van der Waals surface area contributed by atoms with Crippen molar-refractivity contribution < 1.29 is 4.79 Å². The smallest absolute Gasteiger partial charge is 0.220 e. The molecule has 1 aliphatic rings. The van der Waals surface area contributed by atoms with Crippen LogP contribution in [0.25, 0.3) is 0 Å². The minimum absolute atomic E-state index is 0.0544. The Hall–Kier alpha value is -2.24. The molecule has 1 N–H and O–H groups in total. The van der Waals surface area contributed by atoms with Crippen molar-refractivity contribution in [2.24, 2.45) is 5.92 Å². The molecule has 2 heterocycles. The Morgan fingerprint density at radius 1 is 1.45 bits per heavy atom. The van der Waals surface area contributed by atoms with E-state index < -0.39 is 0 Å². The second kappa shape index (κ2) is 6.68. The van der Waals surface area contributed by atoms with Gasteiger partial charge in [-0.05, 0) is 44.2 Å². The van der Waals surface area contributed by atoms with E-state index in [9.17, 15) is 4.79 Å². The van der Waals surface area contributed by atoms with E-state index in [1.165, 1.54) is 19.2 Å². The van der Waals surface area contributed by atoms with Crippen molar-refractivity contribution in [1.82, 2.24) is 25.1 Å². The zero-order valence-electron chi connectivity index (χ0n) is 12.8. The number of hydrogen-bond donors (Lipinski definition) is 1. The standard InChI is InChI=1S/C16H21N5O/c1-12-4-2-5-14(19-12)16(13-7-8-13)20-15(22)6-3-9-21-11-17-10-18-21/h2,4-5,10-11,13,16H,3,6-9H2,1H3,(H,20,22). The van der Waals surface area contributed by atoms with Gasteiger partial charge in [-0.1, -0.05) is 6.07 Å². The van der Waals surface area contributed by atoms with Gasteiger partial charge in [-0.15, -0.1) is 0 Å². The molecule has 6 heteroatoms. The van der Waals surface area contributed by atoms with Crippen molar-refractivity contribution in [2.75, 3.05) is 0 Å². The van der Waals surface area contributed by atoms with Crippen LogP contribution in [0.5, 0.6) is 0 Å². The highest BCUT2D eigenvalue weighted by molar-refractivity contribution is 5.76. The molecule has 2 aromatic heterocycles. The highest BCUT2D eigenvalue weighted by Crippen LogP contribution is 2.40. The molecule has 6 nitrogen and oxygen atoms in total. The molecule has 22 heavy (non-hydrogen) atoms. The van der Waals surface area contributed by atoms with Crippen LogP contribution in [0.4, 0.5) is 0 Å². The van der Waals surface area contributed by atoms with Crippen LogP contribution in [0.3, 0.4) is 0 Å². The number of pyridine rings is 1. The third-order valence-corrected chi connectivity index (χ3v) is 3.90. The average molecular weight is 299 g/mol. The number of hydrogen-bond acceptors (Lipinski definition) is 4. The van der Waals surface area contributed by atoms with Crippen molar-refractivity contribution in [3.05, 3.63) is 42.2 Å². The average Bonchev–Trinajstić information content (AvgIpc) is 3.21. The number of carbonyl (C=O) groups excluding carboxylic acids is 1. The molecular formula is C16H21N5O. The highest BCUT2D eigenvalue weighted by Gasteiger charge is 2.34. The monoisotopic (exact) mass is 299 g/mol. The van der Waals surface area contributed by atoms with Gasteiger partial charge in [0.25, 0.3) is 0 Å². The van der Waals surface area contributed by atoms with Gasteiger partial charge in [-0.2, -0.15) is 5.10 Å². The van der Waals surface area contributed by atoms with Crippen LogP contribution in [0.1, 0.15) is 43.1 Å². The second-order valence-electron chi connectivity index (χ2n) is 5.85. The first-order valence-electron chi connectivity index (χ1n) is 7.78. The number of nitrogens with zero attached hydrogens (tertiary/aromatic N) is 4. The number of nitrogens with one attached hydrogen (secondary N) is 1. The maximum atomic E-state index is 12.2. The summed E-state index contributed by atoms with van der Waals surface area (Å²) in [5.74, 6) is 0.619. The molecule has 2 aromatic rings. The summed E-state index contributed by atoms with van der Waals surface area (Å²) in [5, 5.41) is 7.19. The molecule has 0 aliphatic heterocycles. The number of aromatic nitrogens is 4. The molecule has 0 aromatic carbocycles. The van der Waals surface area contributed by atoms with Crippen LogP contribution < -0.4 is 5.32 Å². The molecule has 1 amide bonds. The fourth-order valence-electron chi connectivity index (χ4n) is 2.60. The van der Waals surface area contributed by atoms with Crippen LogP contribution in [0.15, 0.2) is 30.9 Å². The second-order valence-corrected chi connectivity index (χ2v) is 5.85. The zero-order valence-corrected chi connectivity index (χ0v) is 12.8. The summed E-state index contributed by atoms with van der Waals surface area (Å²) in [6, 6.07) is 6.04. The lowest BCUT2D eigenvalue weighted by atomic mass is 10.1. The Morgan fingerprint density at radius 3 is 3.00 bits per heavy atom. The molecule has 1 saturated carbocycles. The lowest BCUT2D eigenvalue weighted by Crippen LogP contribution is -2.30. The van der Waals surface area contributed by atoms with Crippen molar-refractivity contribution in [3.8, 4) is 0 Å². The minimum atomic E-state index is 0.0544. The van der Waals surface area contributed by atoms with Crippen molar-refractivity contribution >= 4 is 5.91 Å².